The van der Waals surface area contributed by atoms with Crippen molar-refractivity contribution in [1.29, 1.82) is 0 Å². The molecule has 236 valence electrons. The highest BCUT2D eigenvalue weighted by molar-refractivity contribution is 6.03. The Labute approximate surface area is 268 Å². The molecule has 5 unspecified atom stereocenters. The summed E-state index contributed by atoms with van der Waals surface area (Å²) in [7, 11) is 1.99. The Hall–Kier alpha value is -4.51. The van der Waals surface area contributed by atoms with Crippen LogP contribution in [-0.4, -0.2) is 56.7 Å². The number of aliphatic hydroxyl groups is 2. The summed E-state index contributed by atoms with van der Waals surface area (Å²) in [6, 6.07) is 32.1. The van der Waals surface area contributed by atoms with Crippen molar-refractivity contribution in [3.63, 3.8) is 0 Å². The summed E-state index contributed by atoms with van der Waals surface area (Å²) >= 11 is 0. The van der Waals surface area contributed by atoms with Gasteiger partial charge in [-0.15, -0.1) is 0 Å². The van der Waals surface area contributed by atoms with Crippen molar-refractivity contribution >= 4 is 22.6 Å². The third-order valence-electron chi connectivity index (χ3n) is 8.52. The summed E-state index contributed by atoms with van der Waals surface area (Å²) in [6.07, 6.45) is 0.355. The molecule has 9 heteroatoms. The molecule has 1 aromatic heterocycles. The summed E-state index contributed by atoms with van der Waals surface area (Å²) in [5.41, 5.74) is 5.73. The van der Waals surface area contributed by atoms with Gasteiger partial charge in [-0.3, -0.25) is 14.7 Å². The standard InChI is InChI=1S/C37H38N4O5/c1-24(35(43)27-8-4-3-5-9-27)41(2)22-30-20-34(26-14-12-25(23-42)13-15-26)46-37(45-30)28-16-18-29(19-17-28)39-36(44)33-21-38-31-10-6-7-11-32(31)40-33/h3-19,21,24,30,34-35,37,42-43H,20,22-23H2,1-2H3,(H,39,44). The minimum Gasteiger partial charge on any atom is -0.392 e. The van der Waals surface area contributed by atoms with E-state index < -0.39 is 12.4 Å². The third-order valence-corrected chi connectivity index (χ3v) is 8.52. The third kappa shape index (κ3) is 7.31. The Balaban J connectivity index is 1.17. The van der Waals surface area contributed by atoms with Gasteiger partial charge in [0.25, 0.3) is 5.91 Å². The lowest BCUT2D eigenvalue weighted by atomic mass is 9.98. The molecule has 1 saturated heterocycles. The van der Waals surface area contributed by atoms with E-state index in [-0.39, 0.29) is 36.5 Å². The molecular formula is C37H38N4O5. The number of carbonyl (C=O) groups is 1. The van der Waals surface area contributed by atoms with Crippen LogP contribution in [0, 0.1) is 0 Å². The fourth-order valence-electron chi connectivity index (χ4n) is 5.68. The van der Waals surface area contributed by atoms with Crippen molar-refractivity contribution in [2.75, 3.05) is 18.9 Å². The van der Waals surface area contributed by atoms with E-state index in [9.17, 15) is 15.0 Å². The number of aliphatic hydroxyl groups excluding tert-OH is 2. The maximum absolute atomic E-state index is 12.9. The average Bonchev–Trinajstić information content (AvgIpc) is 3.11. The van der Waals surface area contributed by atoms with Gasteiger partial charge in [-0.2, -0.15) is 0 Å². The number of rotatable bonds is 10. The zero-order chi connectivity index (χ0) is 32.0. The quantitative estimate of drug-likeness (QED) is 0.175. The van der Waals surface area contributed by atoms with Crippen LogP contribution in [0.5, 0.6) is 0 Å². The smallest absolute Gasteiger partial charge is 0.275 e. The first-order valence-corrected chi connectivity index (χ1v) is 15.4. The van der Waals surface area contributed by atoms with Crippen LogP contribution in [-0.2, 0) is 16.1 Å². The molecule has 5 atom stereocenters. The first-order chi connectivity index (χ1) is 22.4. The number of anilines is 1. The molecule has 0 bridgehead atoms. The molecule has 0 spiro atoms. The molecule has 3 N–H and O–H groups in total. The fourth-order valence-corrected chi connectivity index (χ4v) is 5.68. The van der Waals surface area contributed by atoms with Gasteiger partial charge in [-0.1, -0.05) is 78.9 Å². The number of amides is 1. The van der Waals surface area contributed by atoms with E-state index in [1.54, 1.807) is 0 Å². The normalized spacial score (nSPS) is 19.5. The minimum absolute atomic E-state index is 0.0249. The predicted octanol–water partition coefficient (Wildman–Crippen LogP) is 5.97. The van der Waals surface area contributed by atoms with Crippen molar-refractivity contribution < 1.29 is 24.5 Å². The van der Waals surface area contributed by atoms with Gasteiger partial charge in [0.1, 0.15) is 5.69 Å². The second-order valence-electron chi connectivity index (χ2n) is 11.7. The van der Waals surface area contributed by atoms with Crippen LogP contribution in [0.25, 0.3) is 11.0 Å². The Bertz CT molecular complexity index is 1750. The zero-order valence-electron chi connectivity index (χ0n) is 25.9. The minimum atomic E-state index is -0.653. The van der Waals surface area contributed by atoms with E-state index in [0.717, 1.165) is 27.8 Å². The lowest BCUT2D eigenvalue weighted by molar-refractivity contribution is -0.253. The topological polar surface area (TPSA) is 117 Å². The largest absolute Gasteiger partial charge is 0.392 e. The first-order valence-electron chi connectivity index (χ1n) is 15.4. The van der Waals surface area contributed by atoms with Gasteiger partial charge < -0.3 is 25.0 Å². The molecule has 2 heterocycles. The molecule has 1 aliphatic rings. The van der Waals surface area contributed by atoms with Gasteiger partial charge in [-0.25, -0.2) is 4.98 Å². The number of nitrogens with one attached hydrogen (secondary N) is 1. The number of carbonyl (C=O) groups excluding carboxylic acids is 1. The van der Waals surface area contributed by atoms with E-state index in [1.807, 2.05) is 117 Å². The molecule has 1 amide bonds. The summed E-state index contributed by atoms with van der Waals surface area (Å²) in [6.45, 7) is 2.57. The molecule has 0 aliphatic carbocycles. The molecule has 0 radical (unpaired) electrons. The summed E-state index contributed by atoms with van der Waals surface area (Å²) in [4.78, 5) is 23.8. The second kappa shape index (κ2) is 14.3. The molecule has 5 aromatic rings. The summed E-state index contributed by atoms with van der Waals surface area (Å²) in [5.74, 6) is -0.350. The Morgan fingerprint density at radius 3 is 2.30 bits per heavy atom. The Kier molecular flexibility index (Phi) is 9.77. The number of aromatic nitrogens is 2. The number of hydrogen-bond acceptors (Lipinski definition) is 8. The van der Waals surface area contributed by atoms with E-state index in [4.69, 9.17) is 9.47 Å². The van der Waals surface area contributed by atoms with Crippen molar-refractivity contribution in [3.8, 4) is 0 Å². The number of fused-ring (bicyclic) bond motifs is 1. The fraction of sp³-hybridized carbons (Fsp3) is 0.270. The molecule has 46 heavy (non-hydrogen) atoms. The van der Waals surface area contributed by atoms with Crippen LogP contribution in [0.2, 0.25) is 0 Å². The Morgan fingerprint density at radius 2 is 1.59 bits per heavy atom. The zero-order valence-corrected chi connectivity index (χ0v) is 25.9. The van der Waals surface area contributed by atoms with Crippen LogP contribution in [0.3, 0.4) is 0 Å². The monoisotopic (exact) mass is 618 g/mol. The van der Waals surface area contributed by atoms with Crippen molar-refractivity contribution in [1.82, 2.24) is 14.9 Å². The van der Waals surface area contributed by atoms with Gasteiger partial charge in [0, 0.05) is 30.3 Å². The summed E-state index contributed by atoms with van der Waals surface area (Å²) in [5, 5.41) is 23.5. The SMILES string of the molecule is CC(C(O)c1ccccc1)N(C)CC1CC(c2ccc(CO)cc2)OC(c2ccc(NC(=O)c3cnc4ccccc4n3)cc2)O1. The van der Waals surface area contributed by atoms with E-state index in [1.165, 1.54) is 6.20 Å². The second-order valence-corrected chi connectivity index (χ2v) is 11.7. The molecule has 0 saturated carbocycles. The van der Waals surface area contributed by atoms with Crippen LogP contribution in [0.4, 0.5) is 5.69 Å². The van der Waals surface area contributed by atoms with E-state index in [0.29, 0.717) is 24.2 Å². The number of nitrogens with zero attached hydrogens (tertiary/aromatic N) is 3. The van der Waals surface area contributed by atoms with Gasteiger partial charge >= 0.3 is 0 Å². The van der Waals surface area contributed by atoms with E-state index >= 15 is 0 Å². The average molecular weight is 619 g/mol. The van der Waals surface area contributed by atoms with Crippen molar-refractivity contribution in [2.45, 2.75) is 50.6 Å². The molecule has 9 nitrogen and oxygen atoms in total. The van der Waals surface area contributed by atoms with Crippen LogP contribution in [0.15, 0.2) is 109 Å². The number of ether oxygens (including phenoxy) is 2. The van der Waals surface area contributed by atoms with Gasteiger partial charge in [0.05, 0.1) is 42.1 Å². The lowest BCUT2D eigenvalue weighted by Gasteiger charge is -2.39. The molecular weight excluding hydrogens is 580 g/mol. The first kappa shape index (κ1) is 31.5. The van der Waals surface area contributed by atoms with Gasteiger partial charge in [0.15, 0.2) is 6.29 Å². The van der Waals surface area contributed by atoms with Gasteiger partial charge in [0.2, 0.25) is 0 Å². The van der Waals surface area contributed by atoms with Crippen molar-refractivity contribution in [2.24, 2.45) is 0 Å². The lowest BCUT2D eigenvalue weighted by Crippen LogP contribution is -2.43. The van der Waals surface area contributed by atoms with Crippen LogP contribution < -0.4 is 5.32 Å². The Morgan fingerprint density at radius 1 is 0.913 bits per heavy atom. The maximum Gasteiger partial charge on any atom is 0.275 e. The van der Waals surface area contributed by atoms with Crippen LogP contribution in [0.1, 0.15) is 64.6 Å². The maximum atomic E-state index is 12.9. The molecule has 1 aliphatic heterocycles. The molecule has 6 rings (SSSR count). The highest BCUT2D eigenvalue weighted by Crippen LogP contribution is 2.38. The highest BCUT2D eigenvalue weighted by Gasteiger charge is 2.34. The van der Waals surface area contributed by atoms with Crippen LogP contribution >= 0.6 is 0 Å². The van der Waals surface area contributed by atoms with Gasteiger partial charge in [-0.05, 0) is 54.9 Å². The number of benzene rings is 4. The highest BCUT2D eigenvalue weighted by atomic mass is 16.7. The molecule has 4 aromatic carbocycles. The number of likely N-dealkylation sites (N-methyl/N-ethyl adjacent to an activating group) is 1. The predicted molar refractivity (Wildman–Crippen MR) is 176 cm³/mol. The van der Waals surface area contributed by atoms with Crippen molar-refractivity contribution in [3.05, 3.63) is 137 Å². The number of hydrogen-bond donors (Lipinski definition) is 3. The molecule has 1 fully saturated rings. The number of para-hydroxylation sites is 2. The summed E-state index contributed by atoms with van der Waals surface area (Å²) < 4.78 is 13.0. The van der Waals surface area contributed by atoms with E-state index in [2.05, 4.69) is 20.2 Å².